The maximum Gasteiger partial charge on any atom is 0.119 e. The van der Waals surface area contributed by atoms with Gasteiger partial charge < -0.3 is 4.74 Å². The molecule has 2 aromatic carbocycles. The summed E-state index contributed by atoms with van der Waals surface area (Å²) in [5, 5.41) is 0. The van der Waals surface area contributed by atoms with E-state index in [1.165, 1.54) is 16.7 Å². The van der Waals surface area contributed by atoms with Gasteiger partial charge in [-0.25, -0.2) is 0 Å². The summed E-state index contributed by atoms with van der Waals surface area (Å²) in [6.45, 7) is 4.76. The zero-order chi connectivity index (χ0) is 13.7. The molecule has 0 aliphatic carbocycles. The number of allylic oxidation sites excluding steroid dienone is 1. The van der Waals surface area contributed by atoms with E-state index in [-0.39, 0.29) is 0 Å². The van der Waals surface area contributed by atoms with Crippen LogP contribution in [-0.4, -0.2) is 6.61 Å². The van der Waals surface area contributed by atoms with E-state index in [0.29, 0.717) is 6.61 Å². The van der Waals surface area contributed by atoms with Crippen molar-refractivity contribution in [3.63, 3.8) is 0 Å². The predicted molar refractivity (Wildman–Crippen MR) is 84.5 cm³/mol. The van der Waals surface area contributed by atoms with E-state index in [9.17, 15) is 0 Å². The molecule has 98 valence electrons. The summed E-state index contributed by atoms with van der Waals surface area (Å²) in [5.41, 5.74) is 3.68. The van der Waals surface area contributed by atoms with Crippen LogP contribution < -0.4 is 4.74 Å². The highest BCUT2D eigenvalue weighted by Crippen LogP contribution is 2.18. The molecule has 0 spiro atoms. The smallest absolute Gasteiger partial charge is 0.119 e. The van der Waals surface area contributed by atoms with Gasteiger partial charge in [-0.05, 0) is 55.3 Å². The van der Waals surface area contributed by atoms with Gasteiger partial charge in [-0.2, -0.15) is 0 Å². The Kier molecular flexibility index (Phi) is 4.80. The van der Waals surface area contributed by atoms with Crippen molar-refractivity contribution in [1.29, 1.82) is 0 Å². The van der Waals surface area contributed by atoms with Crippen LogP contribution in [0.25, 0.3) is 5.57 Å². The van der Waals surface area contributed by atoms with Crippen LogP contribution in [0.1, 0.15) is 18.1 Å². The zero-order valence-corrected chi connectivity index (χ0v) is 12.8. The van der Waals surface area contributed by atoms with Crippen molar-refractivity contribution >= 4 is 21.5 Å². The average Bonchev–Trinajstić information content (AvgIpc) is 2.41. The van der Waals surface area contributed by atoms with E-state index < -0.39 is 0 Å². The maximum absolute atomic E-state index is 5.69. The minimum Gasteiger partial charge on any atom is -0.490 e. The van der Waals surface area contributed by atoms with Crippen molar-refractivity contribution in [2.75, 3.05) is 6.61 Å². The monoisotopic (exact) mass is 316 g/mol. The van der Waals surface area contributed by atoms with Gasteiger partial charge in [-0.15, -0.1) is 0 Å². The second-order valence-corrected chi connectivity index (χ2v) is 5.43. The van der Waals surface area contributed by atoms with Gasteiger partial charge in [0, 0.05) is 4.47 Å². The van der Waals surface area contributed by atoms with Crippen molar-refractivity contribution in [2.24, 2.45) is 0 Å². The van der Waals surface area contributed by atoms with Crippen molar-refractivity contribution < 1.29 is 4.74 Å². The zero-order valence-electron chi connectivity index (χ0n) is 11.2. The van der Waals surface area contributed by atoms with Gasteiger partial charge in [0.1, 0.15) is 12.4 Å². The van der Waals surface area contributed by atoms with Crippen molar-refractivity contribution in [2.45, 2.75) is 13.8 Å². The summed E-state index contributed by atoms with van der Waals surface area (Å²) >= 11 is 3.44. The topological polar surface area (TPSA) is 9.23 Å². The molecule has 0 aromatic heterocycles. The summed E-state index contributed by atoms with van der Waals surface area (Å²) in [6, 6.07) is 16.4. The fourth-order valence-electron chi connectivity index (χ4n) is 1.73. The Morgan fingerprint density at radius 1 is 1.05 bits per heavy atom. The molecule has 0 heterocycles. The van der Waals surface area contributed by atoms with Gasteiger partial charge in [-0.3, -0.25) is 0 Å². The molecule has 0 aliphatic rings. The Bertz CT molecular complexity index is 553. The molecule has 0 radical (unpaired) electrons. The highest BCUT2D eigenvalue weighted by Gasteiger charge is 1.96. The van der Waals surface area contributed by atoms with Gasteiger partial charge >= 0.3 is 0 Å². The van der Waals surface area contributed by atoms with Crippen LogP contribution in [0.2, 0.25) is 0 Å². The highest BCUT2D eigenvalue weighted by atomic mass is 79.9. The summed E-state index contributed by atoms with van der Waals surface area (Å²) in [5.74, 6) is 0.908. The first-order valence-electron chi connectivity index (χ1n) is 6.27. The predicted octanol–water partition coefficient (Wildman–Crippen LogP) is 5.24. The van der Waals surface area contributed by atoms with Crippen LogP contribution in [0, 0.1) is 6.92 Å². The molecule has 0 fully saturated rings. The van der Waals surface area contributed by atoms with E-state index in [1.807, 2.05) is 24.3 Å². The Balaban J connectivity index is 1.95. The van der Waals surface area contributed by atoms with Crippen LogP contribution in [0.5, 0.6) is 5.75 Å². The van der Waals surface area contributed by atoms with E-state index in [0.717, 1.165) is 10.2 Å². The van der Waals surface area contributed by atoms with Gasteiger partial charge in [0.05, 0.1) is 0 Å². The first-order chi connectivity index (χ1) is 9.15. The molecule has 0 bridgehead atoms. The Morgan fingerprint density at radius 2 is 1.68 bits per heavy atom. The second-order valence-electron chi connectivity index (χ2n) is 4.52. The Hall–Kier alpha value is -1.54. The summed E-state index contributed by atoms with van der Waals surface area (Å²) in [4.78, 5) is 0. The molecule has 0 atom stereocenters. The van der Waals surface area contributed by atoms with Crippen LogP contribution in [0.3, 0.4) is 0 Å². The molecular formula is C17H17BrO. The van der Waals surface area contributed by atoms with Crippen molar-refractivity contribution in [1.82, 2.24) is 0 Å². The summed E-state index contributed by atoms with van der Waals surface area (Å²) < 4.78 is 6.79. The van der Waals surface area contributed by atoms with Gasteiger partial charge in [0.2, 0.25) is 0 Å². The first-order valence-corrected chi connectivity index (χ1v) is 7.06. The van der Waals surface area contributed by atoms with Gasteiger partial charge in [0.15, 0.2) is 0 Å². The number of hydrogen-bond donors (Lipinski definition) is 0. The lowest BCUT2D eigenvalue weighted by Crippen LogP contribution is -1.94. The van der Waals surface area contributed by atoms with E-state index in [4.69, 9.17) is 4.74 Å². The molecule has 0 N–H and O–H groups in total. The number of aryl methyl sites for hydroxylation is 1. The molecule has 1 nitrogen and oxygen atoms in total. The third-order valence-electron chi connectivity index (χ3n) is 2.96. The lowest BCUT2D eigenvalue weighted by molar-refractivity contribution is 0.363. The number of benzene rings is 2. The third kappa shape index (κ3) is 4.25. The molecule has 2 aromatic rings. The molecule has 0 saturated heterocycles. The molecule has 2 rings (SSSR count). The van der Waals surface area contributed by atoms with Crippen LogP contribution >= 0.6 is 15.9 Å². The Morgan fingerprint density at radius 3 is 2.32 bits per heavy atom. The fraction of sp³-hybridized carbons (Fsp3) is 0.176. The summed E-state index contributed by atoms with van der Waals surface area (Å²) in [7, 11) is 0. The number of ether oxygens (including phenoxy) is 1. The van der Waals surface area contributed by atoms with Gasteiger partial charge in [0.25, 0.3) is 0 Å². The molecule has 0 saturated carbocycles. The lowest BCUT2D eigenvalue weighted by Gasteiger charge is -2.05. The number of halogens is 1. The van der Waals surface area contributed by atoms with Crippen LogP contribution in [0.15, 0.2) is 59.1 Å². The minimum absolute atomic E-state index is 0.588. The summed E-state index contributed by atoms with van der Waals surface area (Å²) in [6.07, 6.45) is 2.10. The first kappa shape index (κ1) is 13.9. The largest absolute Gasteiger partial charge is 0.490 e. The van der Waals surface area contributed by atoms with Gasteiger partial charge in [-0.1, -0.05) is 45.8 Å². The van der Waals surface area contributed by atoms with Crippen LogP contribution in [-0.2, 0) is 0 Å². The fourth-order valence-corrected chi connectivity index (χ4v) is 1.99. The SMILES string of the molecule is CC(=CCOc1ccc(C)cc1)c1ccc(Br)cc1. The molecule has 0 unspecified atom stereocenters. The average molecular weight is 317 g/mol. The quantitative estimate of drug-likeness (QED) is 0.749. The highest BCUT2D eigenvalue weighted by molar-refractivity contribution is 9.10. The third-order valence-corrected chi connectivity index (χ3v) is 3.49. The molecule has 19 heavy (non-hydrogen) atoms. The lowest BCUT2D eigenvalue weighted by atomic mass is 10.1. The molecule has 0 amide bonds. The van der Waals surface area contributed by atoms with Crippen LogP contribution in [0.4, 0.5) is 0 Å². The van der Waals surface area contributed by atoms with Crippen molar-refractivity contribution in [3.8, 4) is 5.75 Å². The molecular weight excluding hydrogens is 300 g/mol. The second kappa shape index (κ2) is 6.58. The number of hydrogen-bond acceptors (Lipinski definition) is 1. The number of rotatable bonds is 4. The normalized spacial score (nSPS) is 11.4. The Labute approximate surface area is 123 Å². The van der Waals surface area contributed by atoms with E-state index in [2.05, 4.69) is 60.1 Å². The van der Waals surface area contributed by atoms with Crippen molar-refractivity contribution in [3.05, 3.63) is 70.2 Å². The van der Waals surface area contributed by atoms with E-state index in [1.54, 1.807) is 0 Å². The maximum atomic E-state index is 5.69. The molecule has 2 heteroatoms. The minimum atomic E-state index is 0.588. The van der Waals surface area contributed by atoms with E-state index >= 15 is 0 Å². The molecule has 0 aliphatic heterocycles. The standard InChI is InChI=1S/C17H17BrO/c1-13-3-9-17(10-4-13)19-12-11-14(2)15-5-7-16(18)8-6-15/h3-11H,12H2,1-2H3.